The van der Waals surface area contributed by atoms with Crippen molar-refractivity contribution in [2.45, 2.75) is 84.7 Å². The lowest BCUT2D eigenvalue weighted by Gasteiger charge is -2.25. The number of unbranched alkanes of at least 4 members (excludes halogenated alkanes) is 7. The van der Waals surface area contributed by atoms with Gasteiger partial charge in [-0.2, -0.15) is 0 Å². The van der Waals surface area contributed by atoms with Gasteiger partial charge in [0.2, 0.25) is 0 Å². The number of carbonyl (C=O) groups excluding carboxylic acids is 1. The van der Waals surface area contributed by atoms with E-state index in [1.165, 1.54) is 38.5 Å². The molecule has 3 rings (SSSR count). The van der Waals surface area contributed by atoms with Gasteiger partial charge in [-0.3, -0.25) is 0 Å². The molecule has 0 saturated heterocycles. The molecule has 32 heavy (non-hydrogen) atoms. The van der Waals surface area contributed by atoms with Crippen LogP contribution in [-0.2, 0) is 15.9 Å². The Kier molecular flexibility index (Phi) is 9.61. The molecule has 0 fully saturated rings. The van der Waals surface area contributed by atoms with Crippen LogP contribution in [0.5, 0.6) is 11.5 Å². The van der Waals surface area contributed by atoms with Crippen molar-refractivity contribution in [1.29, 1.82) is 0 Å². The molecule has 2 aromatic carbocycles. The Morgan fingerprint density at radius 3 is 2.41 bits per heavy atom. The summed E-state index contributed by atoms with van der Waals surface area (Å²) in [5.41, 5.74) is 3.46. The van der Waals surface area contributed by atoms with Gasteiger partial charge in [0, 0.05) is 18.6 Å². The van der Waals surface area contributed by atoms with Crippen LogP contribution in [0, 0.1) is 0 Å². The highest BCUT2D eigenvalue weighted by Gasteiger charge is 2.28. The molecule has 0 radical (unpaired) electrons. The molecule has 0 aromatic heterocycles. The highest BCUT2D eigenvalue weighted by molar-refractivity contribution is 5.94. The van der Waals surface area contributed by atoms with Crippen molar-refractivity contribution < 1.29 is 19.0 Å². The minimum atomic E-state index is -0.269. The second-order valence-corrected chi connectivity index (χ2v) is 8.60. The van der Waals surface area contributed by atoms with Gasteiger partial charge in [-0.25, -0.2) is 4.79 Å². The average Bonchev–Trinajstić information content (AvgIpc) is 2.81. The number of hydrogen-bond donors (Lipinski definition) is 0. The summed E-state index contributed by atoms with van der Waals surface area (Å²) < 4.78 is 17.7. The van der Waals surface area contributed by atoms with Gasteiger partial charge in [0.05, 0.1) is 18.3 Å². The van der Waals surface area contributed by atoms with Crippen LogP contribution >= 0.6 is 0 Å². The fourth-order valence-corrected chi connectivity index (χ4v) is 4.37. The SMILES string of the molecule is CCCCCCCCCCOC(=O)c1c(C(C)OCC)ccc2c1Cc1ccccc1O2. The predicted molar refractivity (Wildman–Crippen MR) is 129 cm³/mol. The van der Waals surface area contributed by atoms with Gasteiger partial charge in [0.15, 0.2) is 0 Å². The van der Waals surface area contributed by atoms with Crippen LogP contribution < -0.4 is 4.74 Å². The van der Waals surface area contributed by atoms with Crippen molar-refractivity contribution in [3.8, 4) is 11.5 Å². The minimum Gasteiger partial charge on any atom is -0.462 e. The quantitative estimate of drug-likeness (QED) is 0.202. The number of para-hydroxylation sites is 1. The van der Waals surface area contributed by atoms with Gasteiger partial charge < -0.3 is 14.2 Å². The molecule has 0 amide bonds. The molecule has 174 valence electrons. The van der Waals surface area contributed by atoms with Gasteiger partial charge in [-0.15, -0.1) is 0 Å². The van der Waals surface area contributed by atoms with Crippen molar-refractivity contribution in [3.63, 3.8) is 0 Å². The molecule has 1 heterocycles. The topological polar surface area (TPSA) is 44.8 Å². The Hall–Kier alpha value is -2.33. The van der Waals surface area contributed by atoms with E-state index < -0.39 is 0 Å². The monoisotopic (exact) mass is 438 g/mol. The predicted octanol–water partition coefficient (Wildman–Crippen LogP) is 7.78. The molecule has 4 heteroatoms. The smallest absolute Gasteiger partial charge is 0.338 e. The van der Waals surface area contributed by atoms with Crippen LogP contribution in [0.2, 0.25) is 0 Å². The van der Waals surface area contributed by atoms with Crippen molar-refractivity contribution in [1.82, 2.24) is 0 Å². The van der Waals surface area contributed by atoms with E-state index >= 15 is 0 Å². The van der Waals surface area contributed by atoms with Gasteiger partial charge in [0.1, 0.15) is 11.5 Å². The summed E-state index contributed by atoms with van der Waals surface area (Å²) in [6.07, 6.45) is 10.2. The third kappa shape index (κ3) is 6.35. The van der Waals surface area contributed by atoms with E-state index in [-0.39, 0.29) is 12.1 Å². The van der Waals surface area contributed by atoms with Crippen molar-refractivity contribution >= 4 is 5.97 Å². The Morgan fingerprint density at radius 2 is 1.66 bits per heavy atom. The summed E-state index contributed by atoms with van der Waals surface area (Å²) in [6.45, 7) is 7.23. The number of hydrogen-bond acceptors (Lipinski definition) is 4. The first-order chi connectivity index (χ1) is 15.7. The fourth-order valence-electron chi connectivity index (χ4n) is 4.37. The van der Waals surface area contributed by atoms with Gasteiger partial charge >= 0.3 is 5.97 Å². The highest BCUT2D eigenvalue weighted by atomic mass is 16.5. The lowest BCUT2D eigenvalue weighted by Crippen LogP contribution is -2.17. The van der Waals surface area contributed by atoms with E-state index in [1.807, 2.05) is 50.2 Å². The van der Waals surface area contributed by atoms with Crippen LogP contribution in [-0.4, -0.2) is 19.2 Å². The molecule has 2 aromatic rings. The van der Waals surface area contributed by atoms with Gasteiger partial charge in [-0.1, -0.05) is 76.1 Å². The Labute approximate surface area is 193 Å². The van der Waals surface area contributed by atoms with E-state index in [1.54, 1.807) is 0 Å². The molecule has 0 bridgehead atoms. The number of esters is 1. The van der Waals surface area contributed by atoms with E-state index in [9.17, 15) is 4.79 Å². The molecule has 0 saturated carbocycles. The Morgan fingerprint density at radius 1 is 0.938 bits per heavy atom. The van der Waals surface area contributed by atoms with E-state index in [0.29, 0.717) is 25.2 Å². The van der Waals surface area contributed by atoms with Gasteiger partial charge in [0.25, 0.3) is 0 Å². The maximum Gasteiger partial charge on any atom is 0.338 e. The summed E-state index contributed by atoms with van der Waals surface area (Å²) in [5, 5.41) is 0. The molecule has 1 atom stereocenters. The maximum atomic E-state index is 13.2. The minimum absolute atomic E-state index is 0.187. The van der Waals surface area contributed by atoms with E-state index in [2.05, 4.69) is 6.92 Å². The summed E-state index contributed by atoms with van der Waals surface area (Å²) in [4.78, 5) is 13.2. The summed E-state index contributed by atoms with van der Waals surface area (Å²) >= 11 is 0. The normalized spacial score (nSPS) is 13.1. The second-order valence-electron chi connectivity index (χ2n) is 8.60. The molecule has 4 nitrogen and oxygen atoms in total. The molecule has 1 unspecified atom stereocenters. The number of benzene rings is 2. The fraction of sp³-hybridized carbons (Fsp3) is 0.536. The average molecular weight is 439 g/mol. The van der Waals surface area contributed by atoms with Crippen molar-refractivity contribution in [3.05, 3.63) is 58.7 Å². The molecule has 0 spiro atoms. The summed E-state index contributed by atoms with van der Waals surface area (Å²) in [5.74, 6) is 1.31. The molecular weight excluding hydrogens is 400 g/mol. The second kappa shape index (κ2) is 12.6. The third-order valence-corrected chi connectivity index (χ3v) is 6.15. The molecular formula is C28H38O4. The summed E-state index contributed by atoms with van der Waals surface area (Å²) in [6, 6.07) is 11.9. The largest absolute Gasteiger partial charge is 0.462 e. The number of carbonyl (C=O) groups is 1. The molecule has 0 N–H and O–H groups in total. The Bertz CT molecular complexity index is 874. The Balaban J connectivity index is 1.66. The van der Waals surface area contributed by atoms with Crippen LogP contribution in [0.15, 0.2) is 36.4 Å². The summed E-state index contributed by atoms with van der Waals surface area (Å²) in [7, 11) is 0. The van der Waals surface area contributed by atoms with E-state index in [4.69, 9.17) is 14.2 Å². The zero-order chi connectivity index (χ0) is 22.8. The number of ether oxygens (including phenoxy) is 3. The van der Waals surface area contributed by atoms with E-state index in [0.717, 1.165) is 41.0 Å². The van der Waals surface area contributed by atoms with Crippen molar-refractivity contribution in [2.75, 3.05) is 13.2 Å². The molecule has 1 aliphatic rings. The first kappa shape index (κ1) is 24.3. The van der Waals surface area contributed by atoms with Crippen molar-refractivity contribution in [2.24, 2.45) is 0 Å². The van der Waals surface area contributed by atoms with Crippen LogP contribution in [0.3, 0.4) is 0 Å². The standard InChI is InChI=1S/C28H38O4/c1-4-6-7-8-9-10-11-14-19-31-28(29)27-23(21(3)30-5-2)17-18-26-24(27)20-22-15-12-13-16-25(22)32-26/h12-13,15-18,21H,4-11,14,19-20H2,1-3H3. The molecule has 0 aliphatic carbocycles. The zero-order valence-corrected chi connectivity index (χ0v) is 20.0. The first-order valence-corrected chi connectivity index (χ1v) is 12.4. The third-order valence-electron chi connectivity index (χ3n) is 6.15. The first-order valence-electron chi connectivity index (χ1n) is 12.4. The van der Waals surface area contributed by atoms with Crippen LogP contribution in [0.1, 0.15) is 105 Å². The lowest BCUT2D eigenvalue weighted by molar-refractivity contribution is 0.0471. The highest BCUT2D eigenvalue weighted by Crippen LogP contribution is 2.40. The van der Waals surface area contributed by atoms with Crippen LogP contribution in [0.25, 0.3) is 0 Å². The zero-order valence-electron chi connectivity index (χ0n) is 20.0. The number of fused-ring (bicyclic) bond motifs is 2. The van der Waals surface area contributed by atoms with Gasteiger partial charge in [-0.05, 0) is 43.5 Å². The van der Waals surface area contributed by atoms with Crippen LogP contribution in [0.4, 0.5) is 0 Å². The maximum absolute atomic E-state index is 13.2. The lowest BCUT2D eigenvalue weighted by atomic mass is 9.91. The number of rotatable bonds is 13. The molecule has 1 aliphatic heterocycles.